The molecule has 0 bridgehead atoms. The molecule has 1 heterocycles. The summed E-state index contributed by atoms with van der Waals surface area (Å²) >= 11 is 0. The highest BCUT2D eigenvalue weighted by molar-refractivity contribution is 5.68. The Hall–Kier alpha value is -1.71. The highest BCUT2D eigenvalue weighted by Gasteiger charge is 2.51. The third-order valence-electron chi connectivity index (χ3n) is 2.85. The fraction of sp³-hybridized carbons (Fsp3) is 0.769. The van der Waals surface area contributed by atoms with Gasteiger partial charge in [0.05, 0.1) is 6.61 Å². The lowest BCUT2D eigenvalue weighted by Crippen LogP contribution is -2.62. The predicted molar refractivity (Wildman–Crippen MR) is 69.4 cm³/mol. The summed E-state index contributed by atoms with van der Waals surface area (Å²) in [6.07, 6.45) is -6.07. The molecule has 9 heteroatoms. The first-order valence-electron chi connectivity index (χ1n) is 6.60. The van der Waals surface area contributed by atoms with Crippen molar-refractivity contribution in [3.8, 4) is 0 Å². The van der Waals surface area contributed by atoms with Gasteiger partial charge in [-0.3, -0.25) is 14.4 Å². The van der Waals surface area contributed by atoms with Gasteiger partial charge in [-0.05, 0) is 0 Å². The van der Waals surface area contributed by atoms with Crippen molar-refractivity contribution in [1.82, 2.24) is 0 Å². The van der Waals surface area contributed by atoms with E-state index in [-0.39, 0.29) is 6.61 Å². The van der Waals surface area contributed by atoms with Crippen LogP contribution in [0.3, 0.4) is 0 Å². The Labute approximate surface area is 127 Å². The normalized spacial score (nSPS) is 31.2. The average Bonchev–Trinajstić information content (AvgIpc) is 2.37. The molecule has 1 N–H and O–H groups in total. The number of carbonyl (C=O) groups is 3. The van der Waals surface area contributed by atoms with Gasteiger partial charge in [0, 0.05) is 27.9 Å². The number of ether oxygens (including phenoxy) is 5. The lowest BCUT2D eigenvalue weighted by Gasteiger charge is -2.42. The molecule has 0 unspecified atom stereocenters. The van der Waals surface area contributed by atoms with Gasteiger partial charge in [0.1, 0.15) is 6.10 Å². The predicted octanol–water partition coefficient (Wildman–Crippen LogP) is -0.855. The van der Waals surface area contributed by atoms with Crippen LogP contribution >= 0.6 is 0 Å². The van der Waals surface area contributed by atoms with E-state index in [0.717, 1.165) is 13.8 Å². The fourth-order valence-electron chi connectivity index (χ4n) is 2.17. The van der Waals surface area contributed by atoms with E-state index in [1.54, 1.807) is 0 Å². The second-order valence-electron chi connectivity index (χ2n) is 4.74. The molecule has 9 nitrogen and oxygen atoms in total. The van der Waals surface area contributed by atoms with Gasteiger partial charge < -0.3 is 28.8 Å². The summed E-state index contributed by atoms with van der Waals surface area (Å²) in [4.78, 5) is 33.7. The van der Waals surface area contributed by atoms with E-state index in [2.05, 4.69) is 0 Å². The van der Waals surface area contributed by atoms with Crippen molar-refractivity contribution in [2.45, 2.75) is 51.5 Å². The molecule has 1 rings (SSSR count). The van der Waals surface area contributed by atoms with Crippen molar-refractivity contribution >= 4 is 17.9 Å². The number of rotatable bonds is 5. The topological polar surface area (TPSA) is 118 Å². The number of carbonyl (C=O) groups excluding carboxylic acids is 3. The second-order valence-corrected chi connectivity index (χ2v) is 4.74. The van der Waals surface area contributed by atoms with Gasteiger partial charge in [0.25, 0.3) is 0 Å². The maximum Gasteiger partial charge on any atom is 0.303 e. The van der Waals surface area contributed by atoms with E-state index in [9.17, 15) is 19.5 Å². The Balaban J connectivity index is 3.09. The lowest BCUT2D eigenvalue weighted by molar-refractivity contribution is -0.296. The monoisotopic (exact) mass is 320 g/mol. The second kappa shape index (κ2) is 8.06. The van der Waals surface area contributed by atoms with Crippen LogP contribution in [0.25, 0.3) is 0 Å². The summed E-state index contributed by atoms with van der Waals surface area (Å²) in [6.45, 7) is 3.41. The van der Waals surface area contributed by atoms with Crippen molar-refractivity contribution in [3.63, 3.8) is 0 Å². The summed E-state index contributed by atoms with van der Waals surface area (Å²) < 4.78 is 25.3. The number of aliphatic hydroxyl groups is 1. The van der Waals surface area contributed by atoms with Crippen LogP contribution in [0, 0.1) is 0 Å². The largest absolute Gasteiger partial charge is 0.456 e. The highest BCUT2D eigenvalue weighted by Crippen LogP contribution is 2.27. The Morgan fingerprint density at radius 2 is 1.36 bits per heavy atom. The summed E-state index contributed by atoms with van der Waals surface area (Å²) in [5, 5.41) is 9.96. The Kier molecular flexibility index (Phi) is 6.72. The maximum absolute atomic E-state index is 11.3. The van der Waals surface area contributed by atoms with Crippen molar-refractivity contribution in [3.05, 3.63) is 0 Å². The standard InChI is InChI=1S/C13H20O9/c1-6(14)19-10-9(5-18-4)22-13(17)12(21-8(3)16)11(10)20-7(2)15/h9-13,17H,5H2,1-4H3/t9-,10+,11+,12-,13+/m1/s1. The van der Waals surface area contributed by atoms with Gasteiger partial charge in [-0.15, -0.1) is 0 Å². The number of esters is 3. The van der Waals surface area contributed by atoms with Gasteiger partial charge in [-0.1, -0.05) is 0 Å². The Bertz CT molecular complexity index is 422. The smallest absolute Gasteiger partial charge is 0.303 e. The van der Waals surface area contributed by atoms with Crippen LogP contribution in [0.4, 0.5) is 0 Å². The van der Waals surface area contributed by atoms with Crippen LogP contribution in [-0.2, 0) is 38.1 Å². The zero-order chi connectivity index (χ0) is 16.9. The molecule has 0 spiro atoms. The van der Waals surface area contributed by atoms with Crippen LogP contribution in [-0.4, -0.2) is 67.4 Å². The van der Waals surface area contributed by atoms with Crippen LogP contribution < -0.4 is 0 Å². The third-order valence-corrected chi connectivity index (χ3v) is 2.85. The van der Waals surface area contributed by atoms with Gasteiger partial charge in [-0.25, -0.2) is 0 Å². The molecular formula is C13H20O9. The number of hydrogen-bond acceptors (Lipinski definition) is 9. The van der Waals surface area contributed by atoms with E-state index in [1.165, 1.54) is 14.0 Å². The first kappa shape index (κ1) is 18.3. The summed E-state index contributed by atoms with van der Waals surface area (Å²) in [7, 11) is 1.39. The molecule has 0 aliphatic carbocycles. The molecule has 1 fully saturated rings. The van der Waals surface area contributed by atoms with Gasteiger partial charge in [-0.2, -0.15) is 0 Å². The van der Waals surface area contributed by atoms with E-state index in [0.29, 0.717) is 0 Å². The minimum atomic E-state index is -1.56. The quantitative estimate of drug-likeness (QED) is 0.510. The molecule has 1 aliphatic rings. The molecule has 22 heavy (non-hydrogen) atoms. The Morgan fingerprint density at radius 3 is 1.82 bits per heavy atom. The van der Waals surface area contributed by atoms with E-state index in [1.807, 2.05) is 0 Å². The number of methoxy groups -OCH3 is 1. The molecule has 126 valence electrons. The van der Waals surface area contributed by atoms with E-state index < -0.39 is 48.6 Å². The average molecular weight is 320 g/mol. The van der Waals surface area contributed by atoms with Gasteiger partial charge in [0.2, 0.25) is 0 Å². The van der Waals surface area contributed by atoms with Crippen LogP contribution in [0.2, 0.25) is 0 Å². The maximum atomic E-state index is 11.3. The zero-order valence-corrected chi connectivity index (χ0v) is 12.8. The van der Waals surface area contributed by atoms with Crippen molar-refractivity contribution in [1.29, 1.82) is 0 Å². The molecular weight excluding hydrogens is 300 g/mol. The third kappa shape index (κ3) is 4.93. The number of aliphatic hydroxyl groups excluding tert-OH is 1. The van der Waals surface area contributed by atoms with Crippen LogP contribution in [0.15, 0.2) is 0 Å². The molecule has 0 aromatic rings. The first-order chi connectivity index (χ1) is 10.3. The zero-order valence-electron chi connectivity index (χ0n) is 12.8. The van der Waals surface area contributed by atoms with E-state index >= 15 is 0 Å². The van der Waals surface area contributed by atoms with Crippen LogP contribution in [0.1, 0.15) is 20.8 Å². The molecule has 0 aromatic heterocycles. The van der Waals surface area contributed by atoms with Crippen molar-refractivity contribution in [2.24, 2.45) is 0 Å². The van der Waals surface area contributed by atoms with Crippen molar-refractivity contribution < 1.29 is 43.2 Å². The first-order valence-corrected chi connectivity index (χ1v) is 6.60. The van der Waals surface area contributed by atoms with Gasteiger partial charge >= 0.3 is 17.9 Å². The Morgan fingerprint density at radius 1 is 0.909 bits per heavy atom. The fourth-order valence-corrected chi connectivity index (χ4v) is 2.17. The molecule has 0 radical (unpaired) electrons. The van der Waals surface area contributed by atoms with Crippen LogP contribution in [0.5, 0.6) is 0 Å². The summed E-state index contributed by atoms with van der Waals surface area (Å²) in [6, 6.07) is 0. The minimum absolute atomic E-state index is 0.0282. The summed E-state index contributed by atoms with van der Waals surface area (Å²) in [5.74, 6) is -2.05. The minimum Gasteiger partial charge on any atom is -0.456 e. The SMILES string of the molecule is COC[C@H]1O[C@H](O)[C@H](OC(C)=O)[C@@H](OC(C)=O)[C@H]1OC(C)=O. The van der Waals surface area contributed by atoms with E-state index in [4.69, 9.17) is 23.7 Å². The molecule has 1 aliphatic heterocycles. The lowest BCUT2D eigenvalue weighted by atomic mass is 9.98. The highest BCUT2D eigenvalue weighted by atomic mass is 16.7. The van der Waals surface area contributed by atoms with Gasteiger partial charge in [0.15, 0.2) is 24.6 Å². The number of hydrogen-bond donors (Lipinski definition) is 1. The molecule has 0 amide bonds. The molecule has 0 aromatic carbocycles. The van der Waals surface area contributed by atoms with Crippen molar-refractivity contribution in [2.75, 3.05) is 13.7 Å². The molecule has 1 saturated heterocycles. The summed E-state index contributed by atoms with van der Waals surface area (Å²) in [5.41, 5.74) is 0. The molecule has 5 atom stereocenters. The molecule has 0 saturated carbocycles.